The largest absolute Gasteiger partial charge is 0.350 e. The summed E-state index contributed by atoms with van der Waals surface area (Å²) >= 11 is 1.38. The van der Waals surface area contributed by atoms with E-state index in [1.807, 2.05) is 67.6 Å². The van der Waals surface area contributed by atoms with Gasteiger partial charge in [-0.2, -0.15) is 5.10 Å². The normalized spacial score (nSPS) is 14.7. The molecule has 0 bridgehead atoms. The molecule has 5 aromatic rings. The van der Waals surface area contributed by atoms with Gasteiger partial charge in [0.1, 0.15) is 24.0 Å². The first-order valence-electron chi connectivity index (χ1n) is 13.8. The minimum Gasteiger partial charge on any atom is -0.350 e. The van der Waals surface area contributed by atoms with Gasteiger partial charge in [0.15, 0.2) is 0 Å². The summed E-state index contributed by atoms with van der Waals surface area (Å²) in [5.74, 6) is -0.848. The number of carbonyl (C=O) groups is 2. The van der Waals surface area contributed by atoms with Gasteiger partial charge in [-0.3, -0.25) is 14.5 Å². The third-order valence-corrected chi connectivity index (χ3v) is 8.53. The summed E-state index contributed by atoms with van der Waals surface area (Å²) in [4.78, 5) is 28.6. The van der Waals surface area contributed by atoms with E-state index in [-0.39, 0.29) is 42.3 Å². The summed E-state index contributed by atoms with van der Waals surface area (Å²) in [6, 6.07) is 29.6. The molecule has 1 atom stereocenters. The number of nitrogens with zero attached hydrogens (tertiary/aromatic N) is 3. The molecular weight excluding hydrogens is 566 g/mol. The highest BCUT2D eigenvalue weighted by Gasteiger charge is 2.37. The van der Waals surface area contributed by atoms with Gasteiger partial charge in [-0.25, -0.2) is 13.5 Å². The summed E-state index contributed by atoms with van der Waals surface area (Å²) < 4.78 is 29.6. The van der Waals surface area contributed by atoms with E-state index in [0.717, 1.165) is 27.9 Å². The topological polar surface area (TPSA) is 67.2 Å². The number of nitrogens with one attached hydrogen (secondary N) is 1. The number of halogens is 2. The van der Waals surface area contributed by atoms with E-state index in [9.17, 15) is 18.4 Å². The van der Waals surface area contributed by atoms with Crippen LogP contribution in [0.2, 0.25) is 0 Å². The van der Waals surface area contributed by atoms with Gasteiger partial charge in [-0.15, -0.1) is 11.8 Å². The van der Waals surface area contributed by atoms with Crippen LogP contribution in [0.15, 0.2) is 103 Å². The molecule has 0 fully saturated rings. The molecule has 4 aromatic carbocycles. The lowest BCUT2D eigenvalue weighted by Crippen LogP contribution is -2.42. The van der Waals surface area contributed by atoms with Gasteiger partial charge < -0.3 is 5.32 Å². The number of hydrogen-bond donors (Lipinski definition) is 1. The number of rotatable bonds is 7. The van der Waals surface area contributed by atoms with Crippen molar-refractivity contribution in [3.05, 3.63) is 137 Å². The number of hydrogen-bond acceptors (Lipinski definition) is 4. The molecule has 43 heavy (non-hydrogen) atoms. The SMILES string of the molecule is Cc1ccc(-n2nc(-c3ccccc3)c3c2N(CC(=O)NCc2ccc(F)cc2)C(=O)CS[C@H]3c2cccc(F)c2)cc1. The van der Waals surface area contributed by atoms with Crippen molar-refractivity contribution in [3.63, 3.8) is 0 Å². The van der Waals surface area contributed by atoms with E-state index in [0.29, 0.717) is 17.1 Å². The van der Waals surface area contributed by atoms with E-state index in [4.69, 9.17) is 5.10 Å². The Labute approximate surface area is 252 Å². The van der Waals surface area contributed by atoms with Crippen LogP contribution in [0.1, 0.15) is 27.5 Å². The number of thioether (sulfide) groups is 1. The minimum atomic E-state index is -0.434. The molecule has 1 aromatic heterocycles. The first-order chi connectivity index (χ1) is 20.9. The van der Waals surface area contributed by atoms with E-state index >= 15 is 0 Å². The van der Waals surface area contributed by atoms with Crippen molar-refractivity contribution in [3.8, 4) is 16.9 Å². The summed E-state index contributed by atoms with van der Waals surface area (Å²) in [7, 11) is 0. The van der Waals surface area contributed by atoms with Crippen LogP contribution in [-0.4, -0.2) is 33.9 Å². The Morgan fingerprint density at radius 1 is 0.930 bits per heavy atom. The zero-order chi connectivity index (χ0) is 29.9. The number of anilines is 1. The first kappa shape index (κ1) is 28.4. The fourth-order valence-corrected chi connectivity index (χ4v) is 6.32. The summed E-state index contributed by atoms with van der Waals surface area (Å²) in [6.45, 7) is 1.91. The van der Waals surface area contributed by atoms with Gasteiger partial charge in [0, 0.05) is 17.7 Å². The van der Waals surface area contributed by atoms with E-state index in [1.165, 1.54) is 40.9 Å². The molecule has 0 saturated carbocycles. The second-order valence-electron chi connectivity index (χ2n) is 10.3. The molecule has 1 aliphatic heterocycles. The van der Waals surface area contributed by atoms with Gasteiger partial charge in [-0.1, -0.05) is 72.3 Å². The number of fused-ring (bicyclic) bond motifs is 1. The van der Waals surface area contributed by atoms with Crippen LogP contribution in [0.25, 0.3) is 16.9 Å². The van der Waals surface area contributed by atoms with Crippen LogP contribution >= 0.6 is 11.8 Å². The molecule has 9 heteroatoms. The number of carbonyl (C=O) groups excluding carboxylic acids is 2. The first-order valence-corrected chi connectivity index (χ1v) is 14.9. The molecule has 216 valence electrons. The van der Waals surface area contributed by atoms with Crippen LogP contribution in [0.4, 0.5) is 14.6 Å². The molecule has 2 heterocycles. The Morgan fingerprint density at radius 2 is 1.67 bits per heavy atom. The zero-order valence-corrected chi connectivity index (χ0v) is 24.2. The highest BCUT2D eigenvalue weighted by Crippen LogP contribution is 2.48. The fraction of sp³-hybridized carbons (Fsp3) is 0.147. The van der Waals surface area contributed by atoms with Crippen LogP contribution in [0.5, 0.6) is 0 Å². The fourth-order valence-electron chi connectivity index (χ4n) is 5.13. The van der Waals surface area contributed by atoms with Crippen molar-refractivity contribution in [2.24, 2.45) is 0 Å². The van der Waals surface area contributed by atoms with Crippen LogP contribution < -0.4 is 10.2 Å². The van der Waals surface area contributed by atoms with Gasteiger partial charge in [0.05, 0.1) is 22.4 Å². The lowest BCUT2D eigenvalue weighted by atomic mass is 9.99. The molecule has 6 nitrogen and oxygen atoms in total. The van der Waals surface area contributed by atoms with Crippen molar-refractivity contribution in [1.29, 1.82) is 0 Å². The monoisotopic (exact) mass is 594 g/mol. The molecule has 1 aliphatic rings. The standard InChI is InChI=1S/C34H28F2N4O2S/c1-22-10-16-28(17-11-22)40-34-31(32(38-40)24-6-3-2-4-7-24)33(25-8-5-9-27(36)18-25)43-21-30(42)39(34)20-29(41)37-19-23-12-14-26(35)15-13-23/h2-18,33H,19-21H2,1H3,(H,37,41)/t33-/m0/s1. The summed E-state index contributed by atoms with van der Waals surface area (Å²) in [6.07, 6.45) is 0. The highest BCUT2D eigenvalue weighted by atomic mass is 32.2. The number of aromatic nitrogens is 2. The maximum absolute atomic E-state index is 14.5. The number of benzene rings is 4. The Kier molecular flexibility index (Phi) is 8.07. The molecule has 6 rings (SSSR count). The molecule has 1 N–H and O–H groups in total. The predicted molar refractivity (Wildman–Crippen MR) is 165 cm³/mol. The molecular formula is C34H28F2N4O2S. The van der Waals surface area contributed by atoms with Gasteiger partial charge in [-0.05, 0) is 54.4 Å². The maximum atomic E-state index is 14.5. The van der Waals surface area contributed by atoms with Crippen molar-refractivity contribution < 1.29 is 18.4 Å². The van der Waals surface area contributed by atoms with E-state index in [2.05, 4.69) is 5.32 Å². The molecule has 0 radical (unpaired) electrons. The number of amides is 2. The molecule has 0 aliphatic carbocycles. The van der Waals surface area contributed by atoms with Gasteiger partial charge in [0.2, 0.25) is 11.8 Å². The van der Waals surface area contributed by atoms with Crippen molar-refractivity contribution in [2.75, 3.05) is 17.2 Å². The average molecular weight is 595 g/mol. The van der Waals surface area contributed by atoms with E-state index < -0.39 is 5.25 Å². The van der Waals surface area contributed by atoms with Crippen LogP contribution in [0, 0.1) is 18.6 Å². The average Bonchev–Trinajstić information content (AvgIpc) is 3.34. The van der Waals surface area contributed by atoms with Crippen molar-refractivity contribution >= 4 is 29.4 Å². The quantitative estimate of drug-likeness (QED) is 0.230. The third-order valence-electron chi connectivity index (χ3n) is 7.27. The Hall–Kier alpha value is -4.76. The van der Waals surface area contributed by atoms with Gasteiger partial charge >= 0.3 is 0 Å². The predicted octanol–water partition coefficient (Wildman–Crippen LogP) is 6.61. The van der Waals surface area contributed by atoms with E-state index in [1.54, 1.807) is 22.9 Å². The van der Waals surface area contributed by atoms with Crippen LogP contribution in [0.3, 0.4) is 0 Å². The molecule has 0 unspecified atom stereocenters. The third kappa shape index (κ3) is 6.08. The Bertz CT molecular complexity index is 1770. The number of aryl methyl sites for hydroxylation is 1. The summed E-state index contributed by atoms with van der Waals surface area (Å²) in [5, 5.41) is 7.46. The second-order valence-corrected chi connectivity index (χ2v) is 11.4. The van der Waals surface area contributed by atoms with Gasteiger partial charge in [0.25, 0.3) is 0 Å². The maximum Gasteiger partial charge on any atom is 0.240 e. The lowest BCUT2D eigenvalue weighted by Gasteiger charge is -2.23. The van der Waals surface area contributed by atoms with Crippen LogP contribution in [-0.2, 0) is 16.1 Å². The zero-order valence-electron chi connectivity index (χ0n) is 23.3. The Balaban J connectivity index is 1.49. The second kappa shape index (κ2) is 12.2. The minimum absolute atomic E-state index is 0.0726. The Morgan fingerprint density at radius 3 is 2.40 bits per heavy atom. The van der Waals surface area contributed by atoms with Crippen molar-refractivity contribution in [1.82, 2.24) is 15.1 Å². The molecule has 0 spiro atoms. The van der Waals surface area contributed by atoms with Crippen molar-refractivity contribution in [2.45, 2.75) is 18.7 Å². The summed E-state index contributed by atoms with van der Waals surface area (Å²) in [5.41, 5.74) is 5.41. The smallest absolute Gasteiger partial charge is 0.240 e. The molecule has 0 saturated heterocycles. The molecule has 2 amide bonds. The highest BCUT2D eigenvalue weighted by molar-refractivity contribution is 8.00. The lowest BCUT2D eigenvalue weighted by molar-refractivity contribution is -0.123.